The lowest BCUT2D eigenvalue weighted by Gasteiger charge is -2.24. The minimum Gasteiger partial charge on any atom is -0.377 e. The summed E-state index contributed by atoms with van der Waals surface area (Å²) in [5, 5.41) is 6.06. The fourth-order valence-electron chi connectivity index (χ4n) is 3.50. The molecule has 0 radical (unpaired) electrons. The third-order valence-corrected chi connectivity index (χ3v) is 5.56. The van der Waals surface area contributed by atoms with Crippen LogP contribution < -0.4 is 15.5 Å². The van der Waals surface area contributed by atoms with E-state index in [-0.39, 0.29) is 17.9 Å². The van der Waals surface area contributed by atoms with Gasteiger partial charge in [-0.2, -0.15) is 0 Å². The van der Waals surface area contributed by atoms with Crippen LogP contribution in [-0.2, 0) is 0 Å². The summed E-state index contributed by atoms with van der Waals surface area (Å²) in [6, 6.07) is 12.8. The highest BCUT2D eigenvalue weighted by atomic mass is 79.9. The largest absolute Gasteiger partial charge is 0.377 e. The van der Waals surface area contributed by atoms with E-state index in [2.05, 4.69) is 26.6 Å². The number of amides is 2. The average molecular weight is 444 g/mol. The molecule has 2 aromatic carbocycles. The number of nitrogens with one attached hydrogen (secondary N) is 2. The molecule has 2 aromatic rings. The van der Waals surface area contributed by atoms with Gasteiger partial charge in [0.25, 0.3) is 11.8 Å². The molecular formula is C22H26BrN3O2. The number of nitrogens with zero attached hydrogens (tertiary/aromatic N) is 1. The van der Waals surface area contributed by atoms with Crippen molar-refractivity contribution in [2.75, 3.05) is 24.3 Å². The van der Waals surface area contributed by atoms with Crippen LogP contribution in [0, 0.1) is 0 Å². The minimum absolute atomic E-state index is 0.0876. The summed E-state index contributed by atoms with van der Waals surface area (Å²) in [4.78, 5) is 27.3. The molecule has 148 valence electrons. The first-order chi connectivity index (χ1) is 13.4. The average Bonchev–Trinajstić information content (AvgIpc) is 2.69. The van der Waals surface area contributed by atoms with E-state index in [1.165, 1.54) is 6.42 Å². The third kappa shape index (κ3) is 5.13. The van der Waals surface area contributed by atoms with Crippen molar-refractivity contribution < 1.29 is 9.59 Å². The first-order valence-corrected chi connectivity index (χ1v) is 10.4. The summed E-state index contributed by atoms with van der Waals surface area (Å²) < 4.78 is 0.918. The lowest BCUT2D eigenvalue weighted by Crippen LogP contribution is -2.36. The second kappa shape index (κ2) is 9.24. The standard InChI is InChI=1S/C22H26BrN3O2/c1-26(2)20-13-12-18(25-21(27)15-8-10-16(23)11-9-15)14-19(20)22(28)24-17-6-4-3-5-7-17/h8-14,17H,3-7H2,1-2H3,(H,24,28)(H,25,27). The number of carbonyl (C=O) groups is 2. The molecular weight excluding hydrogens is 418 g/mol. The first-order valence-electron chi connectivity index (χ1n) is 9.63. The zero-order valence-electron chi connectivity index (χ0n) is 16.3. The molecule has 0 unspecified atom stereocenters. The normalized spacial score (nSPS) is 14.4. The Morgan fingerprint density at radius 1 is 0.964 bits per heavy atom. The van der Waals surface area contributed by atoms with Gasteiger partial charge in [-0.05, 0) is 55.3 Å². The van der Waals surface area contributed by atoms with E-state index in [0.29, 0.717) is 16.8 Å². The van der Waals surface area contributed by atoms with Crippen LogP contribution in [0.2, 0.25) is 0 Å². The monoisotopic (exact) mass is 443 g/mol. The van der Waals surface area contributed by atoms with Gasteiger partial charge in [-0.1, -0.05) is 35.2 Å². The molecule has 0 heterocycles. The molecule has 28 heavy (non-hydrogen) atoms. The molecule has 2 N–H and O–H groups in total. The van der Waals surface area contributed by atoms with Gasteiger partial charge in [0, 0.05) is 41.5 Å². The summed E-state index contributed by atoms with van der Waals surface area (Å²) in [6.07, 6.45) is 5.63. The smallest absolute Gasteiger partial charge is 0.255 e. The fraction of sp³-hybridized carbons (Fsp3) is 0.364. The highest BCUT2D eigenvalue weighted by Gasteiger charge is 2.20. The number of hydrogen-bond donors (Lipinski definition) is 2. The van der Waals surface area contributed by atoms with E-state index in [4.69, 9.17) is 0 Å². The van der Waals surface area contributed by atoms with Crippen LogP contribution in [0.25, 0.3) is 0 Å². The Kier molecular flexibility index (Phi) is 6.73. The molecule has 0 aliphatic heterocycles. The van der Waals surface area contributed by atoms with Crippen molar-refractivity contribution in [1.82, 2.24) is 5.32 Å². The number of anilines is 2. The molecule has 6 heteroatoms. The van der Waals surface area contributed by atoms with Gasteiger partial charge in [0.1, 0.15) is 0 Å². The first kappa shape index (κ1) is 20.4. The zero-order chi connectivity index (χ0) is 20.1. The van der Waals surface area contributed by atoms with Crippen LogP contribution >= 0.6 is 15.9 Å². The molecule has 5 nitrogen and oxygen atoms in total. The maximum absolute atomic E-state index is 12.9. The number of halogens is 1. The second-order valence-corrected chi connectivity index (χ2v) is 8.31. The molecule has 0 bridgehead atoms. The van der Waals surface area contributed by atoms with Crippen LogP contribution in [0.3, 0.4) is 0 Å². The van der Waals surface area contributed by atoms with Crippen LogP contribution in [0.5, 0.6) is 0 Å². The minimum atomic E-state index is -0.205. The Balaban J connectivity index is 1.79. The number of benzene rings is 2. The topological polar surface area (TPSA) is 61.4 Å². The Hall–Kier alpha value is -2.34. The lowest BCUT2D eigenvalue weighted by atomic mass is 9.95. The third-order valence-electron chi connectivity index (χ3n) is 5.03. The summed E-state index contributed by atoms with van der Waals surface area (Å²) in [5.74, 6) is -0.293. The molecule has 1 aliphatic carbocycles. The molecule has 1 saturated carbocycles. The van der Waals surface area contributed by atoms with Crippen molar-refractivity contribution in [2.24, 2.45) is 0 Å². The van der Waals surface area contributed by atoms with Gasteiger partial charge < -0.3 is 15.5 Å². The highest BCUT2D eigenvalue weighted by molar-refractivity contribution is 9.10. The summed E-state index contributed by atoms with van der Waals surface area (Å²) in [6.45, 7) is 0. The van der Waals surface area contributed by atoms with Crippen LogP contribution in [0.15, 0.2) is 46.9 Å². The number of carbonyl (C=O) groups excluding carboxylic acids is 2. The van der Waals surface area contributed by atoms with Gasteiger partial charge in [-0.15, -0.1) is 0 Å². The quantitative estimate of drug-likeness (QED) is 0.695. The van der Waals surface area contributed by atoms with Crippen LogP contribution in [0.1, 0.15) is 52.8 Å². The Morgan fingerprint density at radius 3 is 2.29 bits per heavy atom. The van der Waals surface area contributed by atoms with Crippen molar-refractivity contribution in [1.29, 1.82) is 0 Å². The van der Waals surface area contributed by atoms with Crippen LogP contribution in [0.4, 0.5) is 11.4 Å². The molecule has 0 atom stereocenters. The van der Waals surface area contributed by atoms with E-state index >= 15 is 0 Å². The number of hydrogen-bond acceptors (Lipinski definition) is 3. The zero-order valence-corrected chi connectivity index (χ0v) is 17.9. The van der Waals surface area contributed by atoms with Gasteiger partial charge >= 0.3 is 0 Å². The maximum atomic E-state index is 12.9. The maximum Gasteiger partial charge on any atom is 0.255 e. The molecule has 1 fully saturated rings. The fourth-order valence-corrected chi connectivity index (χ4v) is 3.76. The highest BCUT2D eigenvalue weighted by Crippen LogP contribution is 2.25. The van der Waals surface area contributed by atoms with E-state index in [9.17, 15) is 9.59 Å². The van der Waals surface area contributed by atoms with Crippen LogP contribution in [-0.4, -0.2) is 32.0 Å². The molecule has 3 rings (SSSR count). The van der Waals surface area contributed by atoms with Gasteiger partial charge in [0.15, 0.2) is 0 Å². The summed E-state index contributed by atoms with van der Waals surface area (Å²) >= 11 is 3.37. The Bertz CT molecular complexity index is 843. The molecule has 0 saturated heterocycles. The van der Waals surface area contributed by atoms with Gasteiger partial charge in [-0.25, -0.2) is 0 Å². The van der Waals surface area contributed by atoms with Gasteiger partial charge in [0.05, 0.1) is 5.56 Å². The molecule has 2 amide bonds. The Morgan fingerprint density at radius 2 is 1.64 bits per heavy atom. The summed E-state index contributed by atoms with van der Waals surface area (Å²) in [5.41, 5.74) is 2.57. The van der Waals surface area contributed by atoms with E-state index in [1.54, 1.807) is 18.2 Å². The van der Waals surface area contributed by atoms with Crippen molar-refractivity contribution in [3.63, 3.8) is 0 Å². The Labute approximate surface area is 174 Å². The predicted molar refractivity (Wildman–Crippen MR) is 117 cm³/mol. The van der Waals surface area contributed by atoms with Crippen molar-refractivity contribution in [2.45, 2.75) is 38.1 Å². The van der Waals surface area contributed by atoms with Gasteiger partial charge in [0.2, 0.25) is 0 Å². The van der Waals surface area contributed by atoms with Crippen molar-refractivity contribution in [3.8, 4) is 0 Å². The summed E-state index contributed by atoms with van der Waals surface area (Å²) in [7, 11) is 3.82. The van der Waals surface area contributed by atoms with Crippen molar-refractivity contribution >= 4 is 39.1 Å². The second-order valence-electron chi connectivity index (χ2n) is 7.40. The molecule has 1 aliphatic rings. The van der Waals surface area contributed by atoms with Gasteiger partial charge in [-0.3, -0.25) is 9.59 Å². The molecule has 0 aromatic heterocycles. The van der Waals surface area contributed by atoms with E-state index < -0.39 is 0 Å². The predicted octanol–water partition coefficient (Wildman–Crippen LogP) is 4.83. The van der Waals surface area contributed by atoms with Crippen molar-refractivity contribution in [3.05, 3.63) is 58.1 Å². The molecule has 0 spiro atoms. The SMILES string of the molecule is CN(C)c1ccc(NC(=O)c2ccc(Br)cc2)cc1C(=O)NC1CCCCC1. The van der Waals surface area contributed by atoms with E-state index in [1.807, 2.05) is 43.3 Å². The van der Waals surface area contributed by atoms with E-state index in [0.717, 1.165) is 35.8 Å². The lowest BCUT2D eigenvalue weighted by molar-refractivity contribution is 0.0927. The number of rotatable bonds is 5.